The fourth-order valence-electron chi connectivity index (χ4n) is 1.50. The predicted molar refractivity (Wildman–Crippen MR) is 77.7 cm³/mol. The fraction of sp³-hybridized carbons (Fsp3) is 0.0909. The number of aryl methyl sites for hydroxylation is 1. The van der Waals surface area contributed by atoms with E-state index in [1.54, 1.807) is 13.0 Å². The number of aromatic nitrogens is 2. The number of nitro benzene ring substituents is 1. The van der Waals surface area contributed by atoms with Gasteiger partial charge in [0.15, 0.2) is 16.1 Å². The van der Waals surface area contributed by atoms with Gasteiger partial charge in [-0.3, -0.25) is 10.1 Å². The van der Waals surface area contributed by atoms with E-state index in [4.69, 9.17) is 27.9 Å². The zero-order chi connectivity index (χ0) is 14.9. The lowest BCUT2D eigenvalue weighted by molar-refractivity contribution is -0.385. The maximum atomic E-state index is 11.1. The van der Waals surface area contributed by atoms with Gasteiger partial charge in [-0.2, -0.15) is 0 Å². The minimum atomic E-state index is -0.544. The van der Waals surface area contributed by atoms with Gasteiger partial charge in [0.05, 0.1) is 4.92 Å². The van der Waals surface area contributed by atoms with Crippen molar-refractivity contribution in [2.75, 3.05) is 0 Å². The van der Waals surface area contributed by atoms with Crippen molar-refractivity contribution < 1.29 is 9.66 Å². The molecule has 0 saturated heterocycles. The molecule has 9 heteroatoms. The molecule has 1 aromatic heterocycles. The molecule has 0 saturated carbocycles. The summed E-state index contributed by atoms with van der Waals surface area (Å²) in [6.45, 7) is 1.68. The average Bonchev–Trinajstić information content (AvgIpc) is 2.36. The highest BCUT2D eigenvalue weighted by molar-refractivity contribution is 9.10. The van der Waals surface area contributed by atoms with Gasteiger partial charge in [0.2, 0.25) is 5.75 Å². The Morgan fingerprint density at radius 3 is 2.65 bits per heavy atom. The fourth-order valence-corrected chi connectivity index (χ4v) is 2.33. The van der Waals surface area contributed by atoms with Crippen molar-refractivity contribution in [3.8, 4) is 11.5 Å². The van der Waals surface area contributed by atoms with Crippen LogP contribution in [0.25, 0.3) is 0 Å². The Kier molecular flexibility index (Phi) is 4.42. The van der Waals surface area contributed by atoms with Gasteiger partial charge in [0.25, 0.3) is 0 Å². The van der Waals surface area contributed by atoms with Crippen molar-refractivity contribution in [3.05, 3.63) is 48.7 Å². The molecular weight excluding hydrogens is 373 g/mol. The molecule has 0 spiro atoms. The van der Waals surface area contributed by atoms with Crippen LogP contribution in [-0.2, 0) is 0 Å². The van der Waals surface area contributed by atoms with Crippen molar-refractivity contribution in [1.82, 2.24) is 10.2 Å². The third kappa shape index (κ3) is 3.17. The number of ether oxygens (including phenoxy) is 1. The molecule has 6 nitrogen and oxygen atoms in total. The summed E-state index contributed by atoms with van der Waals surface area (Å²) in [5, 5.41) is 18.2. The van der Waals surface area contributed by atoms with Crippen molar-refractivity contribution in [1.29, 1.82) is 0 Å². The van der Waals surface area contributed by atoms with Gasteiger partial charge in [-0.1, -0.05) is 39.1 Å². The smallest absolute Gasteiger partial charge is 0.312 e. The van der Waals surface area contributed by atoms with E-state index in [0.29, 0.717) is 10.0 Å². The third-order valence-electron chi connectivity index (χ3n) is 2.32. The van der Waals surface area contributed by atoms with Crippen LogP contribution in [0.3, 0.4) is 0 Å². The molecule has 104 valence electrons. The summed E-state index contributed by atoms with van der Waals surface area (Å²) in [6.07, 6.45) is 0. The van der Waals surface area contributed by atoms with E-state index >= 15 is 0 Å². The molecular formula is C11H6BrCl2N3O3. The van der Waals surface area contributed by atoms with Crippen LogP contribution in [0.2, 0.25) is 10.3 Å². The maximum Gasteiger partial charge on any atom is 0.312 e. The molecule has 0 bridgehead atoms. The molecule has 2 aromatic rings. The lowest BCUT2D eigenvalue weighted by Gasteiger charge is -2.10. The van der Waals surface area contributed by atoms with Gasteiger partial charge in [-0.15, -0.1) is 10.2 Å². The van der Waals surface area contributed by atoms with Gasteiger partial charge < -0.3 is 4.74 Å². The first-order valence-corrected chi connectivity index (χ1v) is 6.74. The minimum Gasteiger partial charge on any atom is -0.446 e. The normalized spacial score (nSPS) is 10.4. The SMILES string of the molecule is Cc1cc(Br)cc([N+](=O)[O-])c1Oc1cc(Cl)nnc1Cl. The maximum absolute atomic E-state index is 11.1. The number of nitro groups is 1. The summed E-state index contributed by atoms with van der Waals surface area (Å²) < 4.78 is 6.06. The van der Waals surface area contributed by atoms with Crippen molar-refractivity contribution in [3.63, 3.8) is 0 Å². The second kappa shape index (κ2) is 5.90. The van der Waals surface area contributed by atoms with Crippen LogP contribution < -0.4 is 4.74 Å². The second-order valence-electron chi connectivity index (χ2n) is 3.75. The number of hydrogen-bond donors (Lipinski definition) is 0. The van der Waals surface area contributed by atoms with Crippen molar-refractivity contribution in [2.24, 2.45) is 0 Å². The van der Waals surface area contributed by atoms with Gasteiger partial charge in [0, 0.05) is 16.6 Å². The number of halogens is 3. The van der Waals surface area contributed by atoms with Crippen LogP contribution in [-0.4, -0.2) is 15.1 Å². The quantitative estimate of drug-likeness (QED) is 0.578. The molecule has 0 aliphatic rings. The zero-order valence-electron chi connectivity index (χ0n) is 9.93. The molecule has 1 aromatic carbocycles. The average molecular weight is 379 g/mol. The number of benzene rings is 1. The highest BCUT2D eigenvalue weighted by Gasteiger charge is 2.21. The van der Waals surface area contributed by atoms with Crippen LogP contribution >= 0.6 is 39.1 Å². The molecule has 0 amide bonds. The van der Waals surface area contributed by atoms with Gasteiger partial charge >= 0.3 is 5.69 Å². The zero-order valence-corrected chi connectivity index (χ0v) is 13.0. The Labute approximate surface area is 132 Å². The van der Waals surface area contributed by atoms with E-state index in [1.807, 2.05) is 0 Å². The molecule has 0 radical (unpaired) electrons. The number of hydrogen-bond acceptors (Lipinski definition) is 5. The molecule has 0 fully saturated rings. The Morgan fingerprint density at radius 1 is 1.30 bits per heavy atom. The first-order valence-electron chi connectivity index (χ1n) is 5.19. The van der Waals surface area contributed by atoms with Crippen molar-refractivity contribution in [2.45, 2.75) is 6.92 Å². The van der Waals surface area contributed by atoms with Crippen LogP contribution in [0.5, 0.6) is 11.5 Å². The summed E-state index contributed by atoms with van der Waals surface area (Å²) in [5.74, 6) is 0.171. The highest BCUT2D eigenvalue weighted by Crippen LogP contribution is 2.39. The first kappa shape index (κ1) is 15.0. The molecule has 0 unspecified atom stereocenters. The lowest BCUT2D eigenvalue weighted by atomic mass is 10.2. The predicted octanol–water partition coefficient (Wildman–Crippen LogP) is 4.55. The van der Waals surface area contributed by atoms with E-state index in [0.717, 1.165) is 0 Å². The molecule has 0 N–H and O–H groups in total. The van der Waals surface area contributed by atoms with E-state index in [1.165, 1.54) is 12.1 Å². The van der Waals surface area contributed by atoms with Gasteiger partial charge in [-0.05, 0) is 18.6 Å². The van der Waals surface area contributed by atoms with Gasteiger partial charge in [0.1, 0.15) is 0 Å². The van der Waals surface area contributed by atoms with Crippen LogP contribution in [0.15, 0.2) is 22.7 Å². The van der Waals surface area contributed by atoms with E-state index < -0.39 is 4.92 Å². The monoisotopic (exact) mass is 377 g/mol. The lowest BCUT2D eigenvalue weighted by Crippen LogP contribution is -1.97. The van der Waals surface area contributed by atoms with Crippen LogP contribution in [0, 0.1) is 17.0 Å². The minimum absolute atomic E-state index is 0.0361. The van der Waals surface area contributed by atoms with E-state index in [2.05, 4.69) is 26.1 Å². The largest absolute Gasteiger partial charge is 0.446 e. The summed E-state index contributed by atoms with van der Waals surface area (Å²) in [4.78, 5) is 10.5. The molecule has 1 heterocycles. The Morgan fingerprint density at radius 2 is 2.00 bits per heavy atom. The standard InChI is InChI=1S/C11H6BrCl2N3O3/c1-5-2-6(12)3-7(17(18)19)10(5)20-8-4-9(13)15-16-11(8)14/h2-4H,1H3. The first-order chi connectivity index (χ1) is 9.38. The summed E-state index contributed by atoms with van der Waals surface area (Å²) in [5.41, 5.74) is 0.371. The summed E-state index contributed by atoms with van der Waals surface area (Å²) in [7, 11) is 0. The molecule has 0 aliphatic carbocycles. The number of rotatable bonds is 3. The molecule has 20 heavy (non-hydrogen) atoms. The van der Waals surface area contributed by atoms with Crippen LogP contribution in [0.1, 0.15) is 5.56 Å². The third-order valence-corrected chi connectivity index (χ3v) is 3.22. The van der Waals surface area contributed by atoms with Crippen molar-refractivity contribution >= 4 is 44.8 Å². The van der Waals surface area contributed by atoms with E-state index in [9.17, 15) is 10.1 Å². The topological polar surface area (TPSA) is 78.2 Å². The summed E-state index contributed by atoms with van der Waals surface area (Å²) in [6, 6.07) is 4.36. The molecule has 2 rings (SSSR count). The Bertz CT molecular complexity index is 697. The highest BCUT2D eigenvalue weighted by atomic mass is 79.9. The Balaban J connectivity index is 2.53. The van der Waals surface area contributed by atoms with Gasteiger partial charge in [-0.25, -0.2) is 0 Å². The summed E-state index contributed by atoms with van der Waals surface area (Å²) >= 11 is 14.7. The number of nitrogens with zero attached hydrogens (tertiary/aromatic N) is 3. The molecule has 0 aliphatic heterocycles. The van der Waals surface area contributed by atoms with Crippen LogP contribution in [0.4, 0.5) is 5.69 Å². The Hall–Kier alpha value is -1.44. The van der Waals surface area contributed by atoms with E-state index in [-0.39, 0.29) is 27.5 Å². The molecule has 0 atom stereocenters. The second-order valence-corrected chi connectivity index (χ2v) is 5.41.